The molecular formula is C17H24N6. The summed E-state index contributed by atoms with van der Waals surface area (Å²) in [6, 6.07) is 2.76. The number of nitrogens with one attached hydrogen (secondary N) is 1. The Morgan fingerprint density at radius 1 is 1.13 bits per heavy atom. The third-order valence-corrected chi connectivity index (χ3v) is 4.21. The van der Waals surface area contributed by atoms with Crippen LogP contribution in [0.1, 0.15) is 49.8 Å². The third-order valence-electron chi connectivity index (χ3n) is 4.21. The number of rotatable bonds is 4. The van der Waals surface area contributed by atoms with Crippen LogP contribution in [0.25, 0.3) is 0 Å². The van der Waals surface area contributed by atoms with Crippen molar-refractivity contribution in [2.45, 2.75) is 52.6 Å². The molecular weight excluding hydrogens is 288 g/mol. The maximum absolute atomic E-state index is 4.61. The Balaban J connectivity index is 1.92. The summed E-state index contributed by atoms with van der Waals surface area (Å²) in [6.45, 7) is 9.51. The standard InChI is InChI=1S/C17H24N6/c1-11(2)23-9-5-6-14(23)15-16(19-8-7-18-15)22-17-20-12(3)10-13(4)21-17/h7-8,10-11,14H,5-6,9H2,1-4H3,(H,19,20,21,22)/t14-/m1/s1. The van der Waals surface area contributed by atoms with Crippen LogP contribution in [0, 0.1) is 13.8 Å². The molecule has 0 saturated carbocycles. The highest BCUT2D eigenvalue weighted by Crippen LogP contribution is 2.35. The SMILES string of the molecule is Cc1cc(C)nc(Nc2nccnc2[C@H]2CCCN2C(C)C)n1. The molecule has 1 saturated heterocycles. The van der Waals surface area contributed by atoms with Crippen molar-refractivity contribution in [1.82, 2.24) is 24.8 Å². The van der Waals surface area contributed by atoms with E-state index in [-0.39, 0.29) is 0 Å². The normalized spacial score (nSPS) is 18.6. The Bertz CT molecular complexity index is 664. The molecule has 1 N–H and O–H groups in total. The Morgan fingerprint density at radius 3 is 2.52 bits per heavy atom. The molecule has 0 aromatic carbocycles. The van der Waals surface area contributed by atoms with Gasteiger partial charge >= 0.3 is 0 Å². The molecule has 0 spiro atoms. The molecule has 2 aromatic rings. The van der Waals surface area contributed by atoms with Crippen LogP contribution in [-0.2, 0) is 0 Å². The maximum Gasteiger partial charge on any atom is 0.228 e. The first kappa shape index (κ1) is 15.8. The Hall–Kier alpha value is -2.08. The van der Waals surface area contributed by atoms with E-state index in [9.17, 15) is 0 Å². The van der Waals surface area contributed by atoms with E-state index >= 15 is 0 Å². The fraction of sp³-hybridized carbons (Fsp3) is 0.529. The Morgan fingerprint density at radius 2 is 1.83 bits per heavy atom. The summed E-state index contributed by atoms with van der Waals surface area (Å²) in [6.07, 6.45) is 5.78. The van der Waals surface area contributed by atoms with Crippen LogP contribution in [0.4, 0.5) is 11.8 Å². The Kier molecular flexibility index (Phi) is 4.52. The minimum atomic E-state index is 0.303. The number of likely N-dealkylation sites (tertiary alicyclic amines) is 1. The van der Waals surface area contributed by atoms with Gasteiger partial charge in [0.15, 0.2) is 5.82 Å². The van der Waals surface area contributed by atoms with Crippen molar-refractivity contribution in [2.75, 3.05) is 11.9 Å². The van der Waals surface area contributed by atoms with E-state index in [0.29, 0.717) is 18.0 Å². The van der Waals surface area contributed by atoms with E-state index in [2.05, 4.69) is 44.0 Å². The first-order valence-corrected chi connectivity index (χ1v) is 8.20. The van der Waals surface area contributed by atoms with E-state index in [4.69, 9.17) is 0 Å². The fourth-order valence-electron chi connectivity index (χ4n) is 3.28. The molecule has 0 aliphatic carbocycles. The van der Waals surface area contributed by atoms with Gasteiger partial charge in [-0.05, 0) is 53.1 Å². The van der Waals surface area contributed by atoms with E-state index < -0.39 is 0 Å². The number of hydrogen-bond donors (Lipinski definition) is 1. The van der Waals surface area contributed by atoms with Gasteiger partial charge in [-0.25, -0.2) is 15.0 Å². The second kappa shape index (κ2) is 6.58. The number of nitrogens with zero attached hydrogens (tertiary/aromatic N) is 5. The van der Waals surface area contributed by atoms with Crippen LogP contribution in [0.3, 0.4) is 0 Å². The molecule has 3 rings (SSSR count). The molecule has 122 valence electrons. The zero-order valence-corrected chi connectivity index (χ0v) is 14.2. The average Bonchev–Trinajstić information content (AvgIpc) is 2.96. The van der Waals surface area contributed by atoms with E-state index in [1.54, 1.807) is 12.4 Å². The molecule has 6 nitrogen and oxygen atoms in total. The molecule has 1 aliphatic rings. The molecule has 6 heteroatoms. The van der Waals surface area contributed by atoms with Gasteiger partial charge in [0.25, 0.3) is 0 Å². The minimum absolute atomic E-state index is 0.303. The molecule has 0 unspecified atom stereocenters. The van der Waals surface area contributed by atoms with E-state index in [1.807, 2.05) is 19.9 Å². The molecule has 0 radical (unpaired) electrons. The number of anilines is 2. The quantitative estimate of drug-likeness (QED) is 0.935. The van der Waals surface area contributed by atoms with Crippen molar-refractivity contribution in [3.05, 3.63) is 35.5 Å². The maximum atomic E-state index is 4.61. The van der Waals surface area contributed by atoms with Crippen molar-refractivity contribution in [3.63, 3.8) is 0 Å². The van der Waals surface area contributed by atoms with Crippen molar-refractivity contribution in [2.24, 2.45) is 0 Å². The fourth-order valence-corrected chi connectivity index (χ4v) is 3.28. The largest absolute Gasteiger partial charge is 0.307 e. The Labute approximate surface area is 137 Å². The van der Waals surface area contributed by atoms with Crippen LogP contribution in [0.5, 0.6) is 0 Å². The van der Waals surface area contributed by atoms with Crippen molar-refractivity contribution in [3.8, 4) is 0 Å². The van der Waals surface area contributed by atoms with Gasteiger partial charge in [-0.1, -0.05) is 0 Å². The van der Waals surface area contributed by atoms with E-state index in [0.717, 1.165) is 35.9 Å². The van der Waals surface area contributed by atoms with Crippen LogP contribution in [0.15, 0.2) is 18.5 Å². The summed E-state index contributed by atoms with van der Waals surface area (Å²) in [5.41, 5.74) is 2.87. The molecule has 1 fully saturated rings. The van der Waals surface area contributed by atoms with Gasteiger partial charge in [0.2, 0.25) is 5.95 Å². The number of aromatic nitrogens is 4. The monoisotopic (exact) mass is 312 g/mol. The summed E-state index contributed by atoms with van der Waals surface area (Å²) in [5.74, 6) is 1.34. The van der Waals surface area contributed by atoms with Crippen LogP contribution in [0.2, 0.25) is 0 Å². The van der Waals surface area contributed by atoms with E-state index in [1.165, 1.54) is 6.42 Å². The summed E-state index contributed by atoms with van der Waals surface area (Å²) in [4.78, 5) is 20.5. The molecule has 0 bridgehead atoms. The number of aryl methyl sites for hydroxylation is 2. The van der Waals surface area contributed by atoms with Crippen LogP contribution < -0.4 is 5.32 Å². The van der Waals surface area contributed by atoms with Crippen molar-refractivity contribution < 1.29 is 0 Å². The van der Waals surface area contributed by atoms with Gasteiger partial charge in [-0.15, -0.1) is 0 Å². The predicted octanol–water partition coefficient (Wildman–Crippen LogP) is 3.17. The molecule has 1 aliphatic heterocycles. The third kappa shape index (κ3) is 3.47. The first-order chi connectivity index (χ1) is 11.0. The van der Waals surface area contributed by atoms with Gasteiger partial charge in [0, 0.05) is 29.8 Å². The smallest absolute Gasteiger partial charge is 0.228 e. The van der Waals surface area contributed by atoms with Gasteiger partial charge in [0.1, 0.15) is 5.69 Å². The lowest BCUT2D eigenvalue weighted by molar-refractivity contribution is 0.202. The van der Waals surface area contributed by atoms with Gasteiger partial charge in [-0.2, -0.15) is 0 Å². The van der Waals surface area contributed by atoms with Gasteiger partial charge in [-0.3, -0.25) is 9.88 Å². The topological polar surface area (TPSA) is 66.8 Å². The minimum Gasteiger partial charge on any atom is -0.307 e. The lowest BCUT2D eigenvalue weighted by Gasteiger charge is -2.28. The highest BCUT2D eigenvalue weighted by molar-refractivity contribution is 5.52. The lowest BCUT2D eigenvalue weighted by atomic mass is 10.1. The van der Waals surface area contributed by atoms with Crippen molar-refractivity contribution >= 4 is 11.8 Å². The summed E-state index contributed by atoms with van der Waals surface area (Å²) in [5, 5.41) is 3.27. The summed E-state index contributed by atoms with van der Waals surface area (Å²) < 4.78 is 0. The number of hydrogen-bond acceptors (Lipinski definition) is 6. The zero-order valence-electron chi connectivity index (χ0n) is 14.2. The zero-order chi connectivity index (χ0) is 16.4. The van der Waals surface area contributed by atoms with Crippen molar-refractivity contribution in [1.29, 1.82) is 0 Å². The molecule has 2 aromatic heterocycles. The van der Waals surface area contributed by atoms with Gasteiger partial charge in [0.05, 0.1) is 6.04 Å². The first-order valence-electron chi connectivity index (χ1n) is 8.20. The molecule has 3 heterocycles. The molecule has 1 atom stereocenters. The second-order valence-corrected chi connectivity index (χ2v) is 6.38. The predicted molar refractivity (Wildman–Crippen MR) is 90.6 cm³/mol. The van der Waals surface area contributed by atoms with Gasteiger partial charge < -0.3 is 5.32 Å². The van der Waals surface area contributed by atoms with Crippen LogP contribution >= 0.6 is 0 Å². The highest BCUT2D eigenvalue weighted by atomic mass is 15.2. The average molecular weight is 312 g/mol. The second-order valence-electron chi connectivity index (χ2n) is 6.38. The van der Waals surface area contributed by atoms with Crippen LogP contribution in [-0.4, -0.2) is 37.4 Å². The molecule has 23 heavy (non-hydrogen) atoms. The molecule has 0 amide bonds. The highest BCUT2D eigenvalue weighted by Gasteiger charge is 2.31. The lowest BCUT2D eigenvalue weighted by Crippen LogP contribution is -2.31. The summed E-state index contributed by atoms with van der Waals surface area (Å²) in [7, 11) is 0. The summed E-state index contributed by atoms with van der Waals surface area (Å²) >= 11 is 0.